The van der Waals surface area contributed by atoms with E-state index in [4.69, 9.17) is 4.74 Å². The number of anilines is 1. The van der Waals surface area contributed by atoms with Crippen LogP contribution in [0.15, 0.2) is 18.3 Å². The number of amides is 1. The average molecular weight is 264 g/mol. The zero-order chi connectivity index (χ0) is 13.7. The van der Waals surface area contributed by atoms with Crippen LogP contribution in [0.3, 0.4) is 0 Å². The predicted octanol–water partition coefficient (Wildman–Crippen LogP) is 0.184. The highest BCUT2D eigenvalue weighted by molar-refractivity contribution is 5.93. The standard InChI is InChI=1S/C13H20N4O2/c1-17(2)13(18)10-3-4-12(15-7-10)16-9-11-8-14-5-6-19-11/h3-4,7,11,14H,5-6,8-9H2,1-2H3,(H,15,16). The quantitative estimate of drug-likeness (QED) is 0.812. The largest absolute Gasteiger partial charge is 0.374 e. The molecule has 2 N–H and O–H groups in total. The first-order valence-electron chi connectivity index (χ1n) is 6.40. The lowest BCUT2D eigenvalue weighted by molar-refractivity contribution is 0.0372. The van der Waals surface area contributed by atoms with Gasteiger partial charge in [-0.1, -0.05) is 0 Å². The zero-order valence-corrected chi connectivity index (χ0v) is 11.3. The molecule has 1 fully saturated rings. The number of hydrogen-bond acceptors (Lipinski definition) is 5. The molecule has 1 unspecified atom stereocenters. The van der Waals surface area contributed by atoms with E-state index in [1.165, 1.54) is 4.90 Å². The molecule has 1 atom stereocenters. The molecule has 1 aromatic heterocycles. The van der Waals surface area contributed by atoms with Crippen LogP contribution in [0.25, 0.3) is 0 Å². The monoisotopic (exact) mass is 264 g/mol. The number of carbonyl (C=O) groups excluding carboxylic acids is 1. The molecule has 1 aromatic rings. The minimum Gasteiger partial charge on any atom is -0.374 e. The smallest absolute Gasteiger partial charge is 0.254 e. The lowest BCUT2D eigenvalue weighted by Crippen LogP contribution is -2.42. The summed E-state index contributed by atoms with van der Waals surface area (Å²) in [5.41, 5.74) is 0.589. The van der Waals surface area contributed by atoms with Gasteiger partial charge >= 0.3 is 0 Å². The lowest BCUT2D eigenvalue weighted by atomic mass is 10.2. The van der Waals surface area contributed by atoms with Crippen LogP contribution in [0.4, 0.5) is 5.82 Å². The third kappa shape index (κ3) is 3.90. The molecule has 0 bridgehead atoms. The average Bonchev–Trinajstić information content (AvgIpc) is 2.46. The van der Waals surface area contributed by atoms with E-state index in [1.54, 1.807) is 26.4 Å². The molecule has 1 aliphatic rings. The fraction of sp³-hybridized carbons (Fsp3) is 0.538. The summed E-state index contributed by atoms with van der Waals surface area (Å²) in [5, 5.41) is 6.48. The predicted molar refractivity (Wildman–Crippen MR) is 73.4 cm³/mol. The Bertz CT molecular complexity index is 413. The van der Waals surface area contributed by atoms with E-state index in [0.29, 0.717) is 12.1 Å². The summed E-state index contributed by atoms with van der Waals surface area (Å²) >= 11 is 0. The van der Waals surface area contributed by atoms with Gasteiger partial charge in [0.25, 0.3) is 5.91 Å². The van der Waals surface area contributed by atoms with Crippen LogP contribution in [0.2, 0.25) is 0 Å². The van der Waals surface area contributed by atoms with Crippen molar-refractivity contribution in [3.05, 3.63) is 23.9 Å². The first-order valence-corrected chi connectivity index (χ1v) is 6.40. The number of nitrogens with one attached hydrogen (secondary N) is 2. The summed E-state index contributed by atoms with van der Waals surface area (Å²) in [4.78, 5) is 17.5. The maximum Gasteiger partial charge on any atom is 0.254 e. The lowest BCUT2D eigenvalue weighted by Gasteiger charge is -2.23. The normalized spacial score (nSPS) is 18.9. The van der Waals surface area contributed by atoms with Gasteiger partial charge in [-0.15, -0.1) is 0 Å². The van der Waals surface area contributed by atoms with E-state index in [0.717, 1.165) is 25.5 Å². The molecule has 0 radical (unpaired) electrons. The van der Waals surface area contributed by atoms with Gasteiger partial charge < -0.3 is 20.3 Å². The number of rotatable bonds is 4. The maximum atomic E-state index is 11.7. The molecule has 1 aliphatic heterocycles. The van der Waals surface area contributed by atoms with E-state index in [1.807, 2.05) is 6.07 Å². The van der Waals surface area contributed by atoms with Gasteiger partial charge in [-0.25, -0.2) is 4.98 Å². The van der Waals surface area contributed by atoms with Gasteiger partial charge in [0, 0.05) is 39.9 Å². The Labute approximate surface area is 113 Å². The van der Waals surface area contributed by atoms with Gasteiger partial charge in [0.05, 0.1) is 18.3 Å². The number of pyridine rings is 1. The topological polar surface area (TPSA) is 66.5 Å². The van der Waals surface area contributed by atoms with Crippen molar-refractivity contribution in [3.8, 4) is 0 Å². The molecule has 19 heavy (non-hydrogen) atoms. The second kappa shape index (κ2) is 6.49. The Morgan fingerprint density at radius 1 is 1.58 bits per heavy atom. The Morgan fingerprint density at radius 3 is 3.00 bits per heavy atom. The van der Waals surface area contributed by atoms with Gasteiger partial charge in [-0.05, 0) is 12.1 Å². The van der Waals surface area contributed by atoms with Crippen molar-refractivity contribution in [1.29, 1.82) is 0 Å². The second-order valence-corrected chi connectivity index (χ2v) is 4.71. The Hall–Kier alpha value is -1.66. The fourth-order valence-corrected chi connectivity index (χ4v) is 1.85. The SMILES string of the molecule is CN(C)C(=O)c1ccc(NCC2CNCCO2)nc1. The number of hydrogen-bond donors (Lipinski definition) is 2. The van der Waals surface area contributed by atoms with Gasteiger partial charge in [-0.2, -0.15) is 0 Å². The van der Waals surface area contributed by atoms with Gasteiger partial charge in [0.2, 0.25) is 0 Å². The Morgan fingerprint density at radius 2 is 2.42 bits per heavy atom. The molecule has 2 heterocycles. The van der Waals surface area contributed by atoms with Crippen LogP contribution >= 0.6 is 0 Å². The van der Waals surface area contributed by atoms with Gasteiger partial charge in [0.1, 0.15) is 5.82 Å². The zero-order valence-electron chi connectivity index (χ0n) is 11.3. The van der Waals surface area contributed by atoms with E-state index in [2.05, 4.69) is 15.6 Å². The molecule has 0 aliphatic carbocycles. The van der Waals surface area contributed by atoms with E-state index in [-0.39, 0.29) is 12.0 Å². The molecule has 0 aromatic carbocycles. The van der Waals surface area contributed by atoms with Crippen molar-refractivity contribution in [2.75, 3.05) is 45.7 Å². The fourth-order valence-electron chi connectivity index (χ4n) is 1.85. The van der Waals surface area contributed by atoms with Crippen LogP contribution in [-0.2, 0) is 4.74 Å². The van der Waals surface area contributed by atoms with Crippen LogP contribution in [0.1, 0.15) is 10.4 Å². The first-order chi connectivity index (χ1) is 9.16. The van der Waals surface area contributed by atoms with Gasteiger partial charge in [0.15, 0.2) is 0 Å². The first kappa shape index (κ1) is 13.8. The summed E-state index contributed by atoms with van der Waals surface area (Å²) < 4.78 is 5.58. The van der Waals surface area contributed by atoms with Gasteiger partial charge in [-0.3, -0.25) is 4.79 Å². The number of carbonyl (C=O) groups is 1. The summed E-state index contributed by atoms with van der Waals surface area (Å²) in [5.74, 6) is 0.711. The molecular formula is C13H20N4O2. The van der Waals surface area contributed by atoms with Crippen LogP contribution in [0.5, 0.6) is 0 Å². The van der Waals surface area contributed by atoms with Crippen molar-refractivity contribution in [2.45, 2.75) is 6.10 Å². The molecular weight excluding hydrogens is 244 g/mol. The minimum atomic E-state index is -0.0427. The van der Waals surface area contributed by atoms with Crippen LogP contribution in [0, 0.1) is 0 Å². The molecule has 6 nitrogen and oxygen atoms in total. The second-order valence-electron chi connectivity index (χ2n) is 4.71. The maximum absolute atomic E-state index is 11.7. The van der Waals surface area contributed by atoms with E-state index < -0.39 is 0 Å². The summed E-state index contributed by atoms with van der Waals surface area (Å²) in [7, 11) is 3.45. The highest BCUT2D eigenvalue weighted by atomic mass is 16.5. The molecule has 104 valence electrons. The van der Waals surface area contributed by atoms with E-state index in [9.17, 15) is 4.79 Å². The summed E-state index contributed by atoms with van der Waals surface area (Å²) in [6.45, 7) is 3.22. The number of ether oxygens (including phenoxy) is 1. The van der Waals surface area contributed by atoms with Crippen molar-refractivity contribution in [3.63, 3.8) is 0 Å². The molecule has 1 saturated heterocycles. The molecule has 6 heteroatoms. The highest BCUT2D eigenvalue weighted by Gasteiger charge is 2.13. The molecule has 1 amide bonds. The molecule has 0 saturated carbocycles. The van der Waals surface area contributed by atoms with Crippen molar-refractivity contribution in [1.82, 2.24) is 15.2 Å². The third-order valence-corrected chi connectivity index (χ3v) is 2.93. The third-order valence-electron chi connectivity index (χ3n) is 2.93. The Balaban J connectivity index is 1.86. The summed E-state index contributed by atoms with van der Waals surface area (Å²) in [6.07, 6.45) is 1.75. The Kier molecular flexibility index (Phi) is 4.70. The van der Waals surface area contributed by atoms with Crippen molar-refractivity contribution < 1.29 is 9.53 Å². The van der Waals surface area contributed by atoms with Crippen LogP contribution < -0.4 is 10.6 Å². The minimum absolute atomic E-state index is 0.0427. The highest BCUT2D eigenvalue weighted by Crippen LogP contribution is 2.07. The summed E-state index contributed by atoms with van der Waals surface area (Å²) in [6, 6.07) is 3.59. The van der Waals surface area contributed by atoms with Crippen molar-refractivity contribution in [2.24, 2.45) is 0 Å². The molecule has 0 spiro atoms. The van der Waals surface area contributed by atoms with Crippen LogP contribution in [-0.4, -0.2) is 62.2 Å². The van der Waals surface area contributed by atoms with E-state index >= 15 is 0 Å². The molecule has 2 rings (SSSR count). The number of morpholine rings is 1. The number of nitrogens with zero attached hydrogens (tertiary/aromatic N) is 2. The number of aromatic nitrogens is 1. The van der Waals surface area contributed by atoms with Crippen molar-refractivity contribution >= 4 is 11.7 Å².